The third kappa shape index (κ3) is 6.36. The number of rotatable bonds is 8. The molecule has 3 amide bonds. The predicted molar refractivity (Wildman–Crippen MR) is 148 cm³/mol. The molecule has 1 aromatic heterocycles. The summed E-state index contributed by atoms with van der Waals surface area (Å²) in [6.45, 7) is 0.340. The Balaban J connectivity index is 1.20. The molecule has 2 aliphatic heterocycles. The van der Waals surface area contributed by atoms with E-state index in [1.807, 2.05) is 0 Å². The third-order valence-electron chi connectivity index (χ3n) is 7.34. The zero-order chi connectivity index (χ0) is 30.0. The van der Waals surface area contributed by atoms with Crippen LogP contribution in [0.5, 0.6) is 5.75 Å². The number of carbonyl (C=O) groups is 3. The predicted octanol–water partition coefficient (Wildman–Crippen LogP) is 3.63. The number of alkyl halides is 2. The number of carbonyl (C=O) groups excluding carboxylic acids is 3. The van der Waals surface area contributed by atoms with Gasteiger partial charge in [-0.3, -0.25) is 14.4 Å². The first-order chi connectivity index (χ1) is 20.1. The van der Waals surface area contributed by atoms with Crippen molar-refractivity contribution in [2.75, 3.05) is 44.6 Å². The van der Waals surface area contributed by atoms with E-state index in [9.17, 15) is 27.6 Å². The van der Waals surface area contributed by atoms with Crippen LogP contribution in [0, 0.1) is 11.7 Å². The minimum Gasteiger partial charge on any atom is -0.435 e. The number of nitrogens with one attached hydrogen (secondary N) is 2. The summed E-state index contributed by atoms with van der Waals surface area (Å²) in [4.78, 5) is 46.1. The Labute approximate surface area is 244 Å². The largest absolute Gasteiger partial charge is 0.435 e. The van der Waals surface area contributed by atoms with Crippen LogP contribution in [-0.4, -0.2) is 83.0 Å². The molecule has 2 fully saturated rings. The van der Waals surface area contributed by atoms with Gasteiger partial charge in [-0.05, 0) is 49.3 Å². The summed E-state index contributed by atoms with van der Waals surface area (Å²) < 4.78 is 45.0. The molecule has 222 valence electrons. The number of anilines is 1. The Bertz CT molecular complexity index is 1500. The van der Waals surface area contributed by atoms with Gasteiger partial charge in [0.1, 0.15) is 11.6 Å². The van der Waals surface area contributed by atoms with Crippen molar-refractivity contribution in [2.45, 2.75) is 13.0 Å². The van der Waals surface area contributed by atoms with E-state index in [0.717, 1.165) is 19.2 Å². The molecule has 3 aromatic rings. The van der Waals surface area contributed by atoms with Gasteiger partial charge in [0.15, 0.2) is 5.82 Å². The topological polar surface area (TPSA) is 109 Å². The van der Waals surface area contributed by atoms with E-state index in [2.05, 4.69) is 20.4 Å². The normalized spacial score (nSPS) is 15.5. The van der Waals surface area contributed by atoms with E-state index in [0.29, 0.717) is 44.2 Å². The number of hydrogen-bond donors (Lipinski definition) is 2. The van der Waals surface area contributed by atoms with E-state index in [-0.39, 0.29) is 45.2 Å². The summed E-state index contributed by atoms with van der Waals surface area (Å²) >= 11 is 6.42. The van der Waals surface area contributed by atoms with Crippen LogP contribution >= 0.6 is 11.6 Å². The van der Waals surface area contributed by atoms with Gasteiger partial charge in [0.2, 0.25) is 5.91 Å². The smallest absolute Gasteiger partial charge is 0.387 e. The van der Waals surface area contributed by atoms with Gasteiger partial charge < -0.3 is 29.7 Å². The highest BCUT2D eigenvalue weighted by Crippen LogP contribution is 2.28. The Morgan fingerprint density at radius 3 is 2.43 bits per heavy atom. The molecule has 0 aliphatic carbocycles. The van der Waals surface area contributed by atoms with Gasteiger partial charge in [0.25, 0.3) is 11.8 Å². The number of amides is 3. The second kappa shape index (κ2) is 12.4. The second-order valence-electron chi connectivity index (χ2n) is 10.1. The van der Waals surface area contributed by atoms with Crippen LogP contribution < -0.4 is 15.4 Å². The van der Waals surface area contributed by atoms with Crippen molar-refractivity contribution in [3.8, 4) is 17.0 Å². The van der Waals surface area contributed by atoms with Crippen LogP contribution in [0.25, 0.3) is 11.3 Å². The fourth-order valence-corrected chi connectivity index (χ4v) is 5.16. The van der Waals surface area contributed by atoms with Crippen molar-refractivity contribution in [3.05, 3.63) is 64.8 Å². The highest BCUT2D eigenvalue weighted by Gasteiger charge is 2.29. The van der Waals surface area contributed by atoms with Gasteiger partial charge >= 0.3 is 6.61 Å². The molecule has 2 N–H and O–H groups in total. The maximum absolute atomic E-state index is 14.6. The van der Waals surface area contributed by atoms with Gasteiger partial charge in [0, 0.05) is 57.0 Å². The summed E-state index contributed by atoms with van der Waals surface area (Å²) in [5.74, 6) is -1.60. The van der Waals surface area contributed by atoms with E-state index in [4.69, 9.17) is 11.6 Å². The molecule has 14 heteroatoms. The van der Waals surface area contributed by atoms with Gasteiger partial charge in [-0.15, -0.1) is 0 Å². The van der Waals surface area contributed by atoms with Crippen LogP contribution in [0.2, 0.25) is 5.02 Å². The van der Waals surface area contributed by atoms with Crippen molar-refractivity contribution in [2.24, 2.45) is 13.0 Å². The lowest BCUT2D eigenvalue weighted by Gasteiger charge is -2.36. The Hall–Kier alpha value is -4.10. The van der Waals surface area contributed by atoms with Gasteiger partial charge in [0.05, 0.1) is 22.5 Å². The van der Waals surface area contributed by atoms with Crippen LogP contribution in [0.1, 0.15) is 27.4 Å². The molecule has 2 saturated heterocycles. The van der Waals surface area contributed by atoms with Crippen LogP contribution in [0.15, 0.2) is 42.6 Å². The minimum absolute atomic E-state index is 0.0393. The number of halogens is 4. The zero-order valence-electron chi connectivity index (χ0n) is 22.6. The average molecular weight is 605 g/mol. The summed E-state index contributed by atoms with van der Waals surface area (Å²) in [5.41, 5.74) is 0.857. The molecular weight excluding hydrogens is 577 g/mol. The standard InChI is InChI=1S/C28H28ClF3N6O4/c1-36-23(20-5-3-18(12-22(20)30)42-28(31)32)15-34-25(36)26(40)35-17-2-4-19(21(29)11-17)27(41)38-8-6-37(7-9-38)24(39)10-16-13-33-14-16/h2-5,11-12,15-16,28,33H,6-10,13-14H2,1H3,(H,35,40). The SMILES string of the molecule is Cn1c(-c2ccc(OC(F)F)cc2F)cnc1C(=O)Nc1ccc(C(=O)N2CCN(C(=O)CC3CNC3)CC2)c(Cl)c1. The van der Waals surface area contributed by atoms with Gasteiger partial charge in [-0.25, -0.2) is 9.37 Å². The van der Waals surface area contributed by atoms with Crippen LogP contribution in [0.4, 0.5) is 18.9 Å². The number of imidazole rings is 1. The van der Waals surface area contributed by atoms with Crippen LogP contribution in [-0.2, 0) is 11.8 Å². The van der Waals surface area contributed by atoms with Crippen LogP contribution in [0.3, 0.4) is 0 Å². The minimum atomic E-state index is -3.09. The summed E-state index contributed by atoms with van der Waals surface area (Å²) in [5, 5.41) is 5.96. The maximum Gasteiger partial charge on any atom is 0.387 e. The number of ether oxygens (including phenoxy) is 1. The number of aromatic nitrogens is 2. The van der Waals surface area contributed by atoms with Crippen molar-refractivity contribution >= 4 is 35.0 Å². The van der Waals surface area contributed by atoms with Crippen molar-refractivity contribution in [1.29, 1.82) is 0 Å². The van der Waals surface area contributed by atoms with Crippen molar-refractivity contribution in [1.82, 2.24) is 24.7 Å². The first-order valence-corrected chi connectivity index (χ1v) is 13.6. The van der Waals surface area contributed by atoms with E-state index in [1.54, 1.807) is 9.80 Å². The first-order valence-electron chi connectivity index (χ1n) is 13.3. The molecule has 2 aromatic carbocycles. The fourth-order valence-electron chi connectivity index (χ4n) is 4.90. The number of piperazine rings is 1. The van der Waals surface area contributed by atoms with Gasteiger partial charge in [-0.1, -0.05) is 11.6 Å². The lowest BCUT2D eigenvalue weighted by molar-refractivity contribution is -0.134. The monoisotopic (exact) mass is 604 g/mol. The maximum atomic E-state index is 14.6. The average Bonchev–Trinajstić information content (AvgIpc) is 3.31. The number of nitrogens with zero attached hydrogens (tertiary/aromatic N) is 4. The lowest BCUT2D eigenvalue weighted by atomic mass is 9.98. The fraction of sp³-hybridized carbons (Fsp3) is 0.357. The Kier molecular flexibility index (Phi) is 8.69. The molecule has 2 aliphatic rings. The molecule has 0 radical (unpaired) electrons. The number of benzene rings is 2. The summed E-state index contributed by atoms with van der Waals surface area (Å²) in [6.07, 6.45) is 1.80. The summed E-state index contributed by atoms with van der Waals surface area (Å²) in [6, 6.07) is 7.77. The molecule has 3 heterocycles. The summed E-state index contributed by atoms with van der Waals surface area (Å²) in [7, 11) is 1.51. The molecule has 0 unspecified atom stereocenters. The highest BCUT2D eigenvalue weighted by molar-refractivity contribution is 6.34. The van der Waals surface area contributed by atoms with Crippen molar-refractivity contribution in [3.63, 3.8) is 0 Å². The quantitative estimate of drug-likeness (QED) is 0.407. The van der Waals surface area contributed by atoms with Crippen molar-refractivity contribution < 1.29 is 32.3 Å². The molecular formula is C28H28ClF3N6O4. The molecule has 0 spiro atoms. The lowest BCUT2D eigenvalue weighted by Crippen LogP contribution is -2.52. The molecule has 10 nitrogen and oxygen atoms in total. The highest BCUT2D eigenvalue weighted by atomic mass is 35.5. The third-order valence-corrected chi connectivity index (χ3v) is 7.65. The molecule has 0 bridgehead atoms. The molecule has 5 rings (SSSR count). The van der Waals surface area contributed by atoms with Gasteiger partial charge in [-0.2, -0.15) is 8.78 Å². The Morgan fingerprint density at radius 2 is 1.81 bits per heavy atom. The van der Waals surface area contributed by atoms with E-state index < -0.39 is 18.3 Å². The molecule has 0 atom stereocenters. The second-order valence-corrected chi connectivity index (χ2v) is 10.5. The Morgan fingerprint density at radius 1 is 1.10 bits per heavy atom. The number of hydrogen-bond acceptors (Lipinski definition) is 6. The van der Waals surface area contributed by atoms with E-state index in [1.165, 1.54) is 48.1 Å². The molecule has 0 saturated carbocycles. The first kappa shape index (κ1) is 29.4. The van der Waals surface area contributed by atoms with E-state index >= 15 is 0 Å². The molecule has 42 heavy (non-hydrogen) atoms. The zero-order valence-corrected chi connectivity index (χ0v) is 23.3.